The Labute approximate surface area is 135 Å². The number of aliphatic hydroxyl groups excluding tert-OH is 1. The van der Waals surface area contributed by atoms with E-state index in [2.05, 4.69) is 10.6 Å². The van der Waals surface area contributed by atoms with Gasteiger partial charge in [0.2, 0.25) is 11.8 Å². The van der Waals surface area contributed by atoms with E-state index in [9.17, 15) is 19.1 Å². The topological polar surface area (TPSA) is 78.4 Å². The zero-order valence-electron chi connectivity index (χ0n) is 13.6. The average molecular weight is 322 g/mol. The number of nitrogens with one attached hydrogen (secondary N) is 2. The van der Waals surface area contributed by atoms with Gasteiger partial charge in [-0.25, -0.2) is 4.39 Å². The predicted octanol–water partition coefficient (Wildman–Crippen LogP) is 1.59. The molecule has 23 heavy (non-hydrogen) atoms. The number of hydrogen-bond donors (Lipinski definition) is 3. The third-order valence-electron chi connectivity index (χ3n) is 4.07. The minimum Gasteiger partial charge on any atom is -0.391 e. The first-order valence-electron chi connectivity index (χ1n) is 7.84. The Morgan fingerprint density at radius 2 is 1.91 bits per heavy atom. The lowest BCUT2D eigenvalue weighted by atomic mass is 10.0. The molecule has 0 heterocycles. The van der Waals surface area contributed by atoms with E-state index in [0.29, 0.717) is 11.1 Å². The van der Waals surface area contributed by atoms with Crippen LogP contribution in [0.3, 0.4) is 0 Å². The number of carbonyl (C=O) groups is 2. The van der Waals surface area contributed by atoms with Crippen molar-refractivity contribution in [3.63, 3.8) is 0 Å². The number of benzene rings is 1. The van der Waals surface area contributed by atoms with Gasteiger partial charge < -0.3 is 15.7 Å². The van der Waals surface area contributed by atoms with Crippen LogP contribution in [0.2, 0.25) is 0 Å². The summed E-state index contributed by atoms with van der Waals surface area (Å²) < 4.78 is 13.6. The molecule has 3 atom stereocenters. The van der Waals surface area contributed by atoms with Crippen LogP contribution in [0, 0.1) is 18.7 Å². The molecule has 1 fully saturated rings. The molecule has 1 aliphatic carbocycles. The van der Waals surface area contributed by atoms with E-state index >= 15 is 0 Å². The van der Waals surface area contributed by atoms with Crippen LogP contribution in [0.15, 0.2) is 18.2 Å². The molecule has 5 nitrogen and oxygen atoms in total. The lowest BCUT2D eigenvalue weighted by molar-refractivity contribution is -0.132. The van der Waals surface area contributed by atoms with E-state index in [4.69, 9.17) is 0 Å². The summed E-state index contributed by atoms with van der Waals surface area (Å²) >= 11 is 0. The lowest BCUT2D eigenvalue weighted by Gasteiger charge is -2.23. The minimum absolute atomic E-state index is 0.0485. The predicted molar refractivity (Wildman–Crippen MR) is 84.0 cm³/mol. The number of aliphatic hydroxyl groups is 1. The van der Waals surface area contributed by atoms with Gasteiger partial charge in [0.25, 0.3) is 0 Å². The smallest absolute Gasteiger partial charge is 0.245 e. The molecule has 3 unspecified atom stereocenters. The Bertz CT molecular complexity index is 600. The molecule has 2 rings (SSSR count). The van der Waals surface area contributed by atoms with Crippen LogP contribution in [0.1, 0.15) is 43.9 Å². The van der Waals surface area contributed by atoms with Crippen molar-refractivity contribution in [1.29, 1.82) is 0 Å². The second kappa shape index (κ2) is 7.08. The molecule has 0 radical (unpaired) electrons. The van der Waals surface area contributed by atoms with Crippen molar-refractivity contribution in [2.24, 2.45) is 5.92 Å². The first-order chi connectivity index (χ1) is 10.8. The second-order valence-corrected chi connectivity index (χ2v) is 6.24. The van der Waals surface area contributed by atoms with Crippen LogP contribution in [-0.2, 0) is 9.59 Å². The molecule has 1 aliphatic rings. The summed E-state index contributed by atoms with van der Waals surface area (Å²) in [4.78, 5) is 24.1. The summed E-state index contributed by atoms with van der Waals surface area (Å²) in [5.41, 5.74) is 1.16. The molecule has 0 aromatic heterocycles. The van der Waals surface area contributed by atoms with Gasteiger partial charge in [0.1, 0.15) is 11.9 Å². The van der Waals surface area contributed by atoms with Gasteiger partial charge in [0.15, 0.2) is 0 Å². The van der Waals surface area contributed by atoms with E-state index in [1.54, 1.807) is 26.0 Å². The molecule has 1 saturated carbocycles. The first-order valence-corrected chi connectivity index (χ1v) is 7.84. The monoisotopic (exact) mass is 322 g/mol. The standard InChI is InChI=1S/C17H23FN2O3/c1-9-4-5-13(8-14(9)18)10(2)19-17(23)15(11(3)21)20-16(22)12-6-7-12/h4-5,8,10-12,15,21H,6-7H2,1-3H3,(H,19,23)(H,20,22). The Balaban J connectivity index is 2.01. The van der Waals surface area contributed by atoms with Gasteiger partial charge in [-0.1, -0.05) is 12.1 Å². The first kappa shape index (κ1) is 17.4. The molecule has 2 amide bonds. The molecule has 0 bridgehead atoms. The Hall–Kier alpha value is -1.95. The van der Waals surface area contributed by atoms with Crippen LogP contribution in [-0.4, -0.2) is 29.1 Å². The maximum atomic E-state index is 13.6. The van der Waals surface area contributed by atoms with Crippen LogP contribution < -0.4 is 10.6 Å². The Kier molecular flexibility index (Phi) is 5.36. The number of amides is 2. The molecule has 6 heteroatoms. The highest BCUT2D eigenvalue weighted by molar-refractivity contribution is 5.89. The second-order valence-electron chi connectivity index (χ2n) is 6.24. The fraction of sp³-hybridized carbons (Fsp3) is 0.529. The van der Waals surface area contributed by atoms with Gasteiger partial charge >= 0.3 is 0 Å². The molecule has 3 N–H and O–H groups in total. The zero-order chi connectivity index (χ0) is 17.1. The molecule has 1 aromatic carbocycles. The molecule has 126 valence electrons. The molecule has 0 aliphatic heterocycles. The van der Waals surface area contributed by atoms with Crippen molar-refractivity contribution in [1.82, 2.24) is 10.6 Å². The van der Waals surface area contributed by atoms with E-state index in [1.807, 2.05) is 0 Å². The third kappa shape index (κ3) is 4.51. The van der Waals surface area contributed by atoms with Crippen molar-refractivity contribution in [3.05, 3.63) is 35.1 Å². The number of rotatable bonds is 6. The highest BCUT2D eigenvalue weighted by atomic mass is 19.1. The summed E-state index contributed by atoms with van der Waals surface area (Å²) in [6.45, 7) is 4.84. The van der Waals surface area contributed by atoms with Crippen molar-refractivity contribution < 1.29 is 19.1 Å². The third-order valence-corrected chi connectivity index (χ3v) is 4.07. The van der Waals surface area contributed by atoms with Crippen LogP contribution in [0.5, 0.6) is 0 Å². The van der Waals surface area contributed by atoms with E-state index in [-0.39, 0.29) is 17.6 Å². The average Bonchev–Trinajstić information content (AvgIpc) is 3.31. The molecule has 0 spiro atoms. The van der Waals surface area contributed by atoms with Gasteiger partial charge in [0.05, 0.1) is 12.1 Å². The van der Waals surface area contributed by atoms with Gasteiger partial charge in [0, 0.05) is 5.92 Å². The summed E-state index contributed by atoms with van der Waals surface area (Å²) in [5.74, 6) is -1.08. The molecule has 1 aromatic rings. The fourth-order valence-electron chi connectivity index (χ4n) is 2.29. The van der Waals surface area contributed by atoms with Crippen LogP contribution >= 0.6 is 0 Å². The number of halogens is 1. The van der Waals surface area contributed by atoms with Gasteiger partial charge in [-0.3, -0.25) is 9.59 Å². The van der Waals surface area contributed by atoms with Crippen molar-refractivity contribution in [2.45, 2.75) is 51.8 Å². The van der Waals surface area contributed by atoms with Gasteiger partial charge in [-0.05, 0) is 50.8 Å². The maximum absolute atomic E-state index is 13.6. The van der Waals surface area contributed by atoms with E-state index < -0.39 is 24.1 Å². The van der Waals surface area contributed by atoms with E-state index in [0.717, 1.165) is 12.8 Å². The highest BCUT2D eigenvalue weighted by Gasteiger charge is 2.34. The normalized spacial score (nSPS) is 18.0. The number of hydrogen-bond acceptors (Lipinski definition) is 3. The SMILES string of the molecule is Cc1ccc(C(C)NC(=O)C(NC(=O)C2CC2)C(C)O)cc1F. The quantitative estimate of drug-likeness (QED) is 0.744. The van der Waals surface area contributed by atoms with Crippen molar-refractivity contribution in [3.8, 4) is 0 Å². The summed E-state index contributed by atoms with van der Waals surface area (Å²) in [6, 6.07) is 3.32. The number of carbonyl (C=O) groups excluding carboxylic acids is 2. The van der Waals surface area contributed by atoms with E-state index in [1.165, 1.54) is 13.0 Å². The molecule has 0 saturated heterocycles. The zero-order valence-corrected chi connectivity index (χ0v) is 13.6. The van der Waals surface area contributed by atoms with Crippen molar-refractivity contribution >= 4 is 11.8 Å². The molecular formula is C17H23FN2O3. The van der Waals surface area contributed by atoms with Gasteiger partial charge in [-0.15, -0.1) is 0 Å². The molecular weight excluding hydrogens is 299 g/mol. The highest BCUT2D eigenvalue weighted by Crippen LogP contribution is 2.29. The van der Waals surface area contributed by atoms with Gasteiger partial charge in [-0.2, -0.15) is 0 Å². The number of aryl methyl sites for hydroxylation is 1. The van der Waals surface area contributed by atoms with Crippen molar-refractivity contribution in [2.75, 3.05) is 0 Å². The largest absolute Gasteiger partial charge is 0.391 e. The van der Waals surface area contributed by atoms with Crippen LogP contribution in [0.4, 0.5) is 4.39 Å². The summed E-state index contributed by atoms with van der Waals surface area (Å²) in [7, 11) is 0. The summed E-state index contributed by atoms with van der Waals surface area (Å²) in [5, 5.41) is 15.1. The Morgan fingerprint density at radius 3 is 2.43 bits per heavy atom. The fourth-order valence-corrected chi connectivity index (χ4v) is 2.29. The maximum Gasteiger partial charge on any atom is 0.245 e. The Morgan fingerprint density at radius 1 is 1.26 bits per heavy atom. The minimum atomic E-state index is -1.01. The lowest BCUT2D eigenvalue weighted by Crippen LogP contribution is -2.53. The van der Waals surface area contributed by atoms with Crippen LogP contribution in [0.25, 0.3) is 0 Å². The summed E-state index contributed by atoms with van der Waals surface area (Å²) in [6.07, 6.45) is 0.623.